The first-order chi connectivity index (χ1) is 7.08. The van der Waals surface area contributed by atoms with Gasteiger partial charge in [-0.15, -0.1) is 0 Å². The predicted molar refractivity (Wildman–Crippen MR) is 65.8 cm³/mol. The minimum atomic E-state index is 0.503. The van der Waals surface area contributed by atoms with Crippen LogP contribution in [0.4, 0.5) is 5.82 Å². The monoisotopic (exact) mass is 315 g/mol. The van der Waals surface area contributed by atoms with Crippen LogP contribution in [0.3, 0.4) is 0 Å². The SMILES string of the molecule is Cc1nc(N)c(C)c(-n2cc(I)cn2)n1. The van der Waals surface area contributed by atoms with Gasteiger partial charge in [-0.25, -0.2) is 14.6 Å². The van der Waals surface area contributed by atoms with E-state index in [1.165, 1.54) is 0 Å². The molecule has 0 saturated heterocycles. The number of hydrogen-bond acceptors (Lipinski definition) is 4. The topological polar surface area (TPSA) is 69.6 Å². The van der Waals surface area contributed by atoms with E-state index in [4.69, 9.17) is 5.73 Å². The van der Waals surface area contributed by atoms with Crippen molar-refractivity contribution in [3.8, 4) is 5.82 Å². The van der Waals surface area contributed by atoms with Gasteiger partial charge in [0.15, 0.2) is 5.82 Å². The van der Waals surface area contributed by atoms with Crippen molar-refractivity contribution in [1.82, 2.24) is 19.7 Å². The lowest BCUT2D eigenvalue weighted by Crippen LogP contribution is -2.07. The van der Waals surface area contributed by atoms with Crippen molar-refractivity contribution >= 4 is 28.4 Å². The third-order valence-electron chi connectivity index (χ3n) is 2.04. The maximum absolute atomic E-state index is 5.77. The Morgan fingerprint density at radius 3 is 2.67 bits per heavy atom. The summed E-state index contributed by atoms with van der Waals surface area (Å²) in [5.74, 6) is 1.89. The second-order valence-corrected chi connectivity index (χ2v) is 4.45. The van der Waals surface area contributed by atoms with Crippen molar-refractivity contribution < 1.29 is 0 Å². The van der Waals surface area contributed by atoms with Crippen LogP contribution in [-0.4, -0.2) is 19.7 Å². The summed E-state index contributed by atoms with van der Waals surface area (Å²) in [6.45, 7) is 3.70. The Balaban J connectivity index is 2.62. The Morgan fingerprint density at radius 1 is 1.33 bits per heavy atom. The highest BCUT2D eigenvalue weighted by Crippen LogP contribution is 2.16. The van der Waals surface area contributed by atoms with Crippen LogP contribution in [0.1, 0.15) is 11.4 Å². The molecule has 0 radical (unpaired) electrons. The highest BCUT2D eigenvalue weighted by Gasteiger charge is 2.09. The molecule has 0 aliphatic heterocycles. The summed E-state index contributed by atoms with van der Waals surface area (Å²) >= 11 is 2.20. The molecule has 0 spiro atoms. The van der Waals surface area contributed by atoms with Crippen LogP contribution in [0.15, 0.2) is 12.4 Å². The van der Waals surface area contributed by atoms with E-state index in [1.807, 2.05) is 20.0 Å². The van der Waals surface area contributed by atoms with Crippen LogP contribution < -0.4 is 5.73 Å². The third-order valence-corrected chi connectivity index (χ3v) is 2.59. The van der Waals surface area contributed by atoms with E-state index >= 15 is 0 Å². The molecule has 0 aromatic carbocycles. The summed E-state index contributed by atoms with van der Waals surface area (Å²) in [5.41, 5.74) is 6.62. The predicted octanol–water partition coefficient (Wildman–Crippen LogP) is 1.47. The lowest BCUT2D eigenvalue weighted by molar-refractivity contribution is 0.820. The molecule has 0 aliphatic carbocycles. The van der Waals surface area contributed by atoms with Gasteiger partial charge in [0.2, 0.25) is 0 Å². The smallest absolute Gasteiger partial charge is 0.162 e. The van der Waals surface area contributed by atoms with Gasteiger partial charge in [0.05, 0.1) is 9.77 Å². The molecule has 2 heterocycles. The third kappa shape index (κ3) is 1.94. The molecule has 0 fully saturated rings. The molecule has 2 N–H and O–H groups in total. The van der Waals surface area contributed by atoms with E-state index in [1.54, 1.807) is 10.9 Å². The molecule has 2 aromatic rings. The molecule has 0 aliphatic rings. The van der Waals surface area contributed by atoms with Crippen LogP contribution in [0.25, 0.3) is 5.82 Å². The number of aromatic nitrogens is 4. The molecule has 15 heavy (non-hydrogen) atoms. The molecular formula is C9H10IN5. The normalized spacial score (nSPS) is 10.6. The van der Waals surface area contributed by atoms with E-state index < -0.39 is 0 Å². The van der Waals surface area contributed by atoms with E-state index in [2.05, 4.69) is 37.7 Å². The number of nitrogens with zero attached hydrogens (tertiary/aromatic N) is 4. The Bertz CT molecular complexity index is 505. The Hall–Kier alpha value is -1.18. The molecule has 2 aromatic heterocycles. The van der Waals surface area contributed by atoms with Gasteiger partial charge in [-0.1, -0.05) is 0 Å². The zero-order valence-corrected chi connectivity index (χ0v) is 10.6. The Kier molecular flexibility index (Phi) is 2.59. The lowest BCUT2D eigenvalue weighted by atomic mass is 10.3. The second-order valence-electron chi connectivity index (χ2n) is 3.21. The van der Waals surface area contributed by atoms with Gasteiger partial charge in [0.25, 0.3) is 0 Å². The first-order valence-electron chi connectivity index (χ1n) is 4.39. The zero-order valence-electron chi connectivity index (χ0n) is 8.40. The van der Waals surface area contributed by atoms with Gasteiger partial charge >= 0.3 is 0 Å². The fourth-order valence-electron chi connectivity index (χ4n) is 1.27. The van der Waals surface area contributed by atoms with Crippen molar-refractivity contribution in [2.24, 2.45) is 0 Å². The summed E-state index contributed by atoms with van der Waals surface area (Å²) in [6, 6.07) is 0. The van der Waals surface area contributed by atoms with Crippen LogP contribution >= 0.6 is 22.6 Å². The number of rotatable bonds is 1. The minimum absolute atomic E-state index is 0.503. The van der Waals surface area contributed by atoms with E-state index in [0.29, 0.717) is 11.6 Å². The number of nitrogen functional groups attached to an aromatic ring is 1. The summed E-state index contributed by atoms with van der Waals surface area (Å²) < 4.78 is 2.77. The molecule has 2 rings (SSSR count). The zero-order chi connectivity index (χ0) is 11.0. The van der Waals surface area contributed by atoms with Gasteiger partial charge in [0.1, 0.15) is 11.6 Å². The molecule has 6 heteroatoms. The van der Waals surface area contributed by atoms with Crippen molar-refractivity contribution in [3.05, 3.63) is 27.4 Å². The molecule has 0 bridgehead atoms. The largest absolute Gasteiger partial charge is 0.383 e. The maximum atomic E-state index is 5.77. The standard InChI is InChI=1S/C9H10IN5/c1-5-8(11)13-6(2)14-9(5)15-4-7(10)3-12-15/h3-4H,1-2H3,(H2,11,13,14). The van der Waals surface area contributed by atoms with Crippen LogP contribution in [0.2, 0.25) is 0 Å². The van der Waals surface area contributed by atoms with E-state index in [-0.39, 0.29) is 0 Å². The van der Waals surface area contributed by atoms with Crippen molar-refractivity contribution in [3.63, 3.8) is 0 Å². The molecule has 0 atom stereocenters. The Morgan fingerprint density at radius 2 is 2.07 bits per heavy atom. The summed E-state index contributed by atoms with van der Waals surface area (Å²) in [6.07, 6.45) is 3.67. The number of hydrogen-bond donors (Lipinski definition) is 1. The van der Waals surface area contributed by atoms with Gasteiger partial charge in [-0.2, -0.15) is 5.10 Å². The summed E-state index contributed by atoms with van der Waals surface area (Å²) in [4.78, 5) is 8.41. The number of halogens is 1. The molecule has 0 unspecified atom stereocenters. The summed E-state index contributed by atoms with van der Waals surface area (Å²) in [7, 11) is 0. The van der Waals surface area contributed by atoms with Crippen molar-refractivity contribution in [1.29, 1.82) is 0 Å². The summed E-state index contributed by atoms with van der Waals surface area (Å²) in [5, 5.41) is 4.19. The van der Waals surface area contributed by atoms with Gasteiger partial charge in [-0.3, -0.25) is 0 Å². The first kappa shape index (κ1) is 10.3. The van der Waals surface area contributed by atoms with Crippen molar-refractivity contribution in [2.75, 3.05) is 5.73 Å². The molecule has 5 nitrogen and oxygen atoms in total. The Labute approximate surface area is 101 Å². The van der Waals surface area contributed by atoms with E-state index in [0.717, 1.165) is 15.0 Å². The second kappa shape index (κ2) is 3.76. The number of nitrogens with two attached hydrogens (primary N) is 1. The average Bonchev–Trinajstić information content (AvgIpc) is 2.58. The van der Waals surface area contributed by atoms with Gasteiger partial charge < -0.3 is 5.73 Å². The number of anilines is 1. The highest BCUT2D eigenvalue weighted by atomic mass is 127. The first-order valence-corrected chi connectivity index (χ1v) is 5.47. The fourth-order valence-corrected chi connectivity index (χ4v) is 1.66. The fraction of sp³-hybridized carbons (Fsp3) is 0.222. The average molecular weight is 315 g/mol. The van der Waals surface area contributed by atoms with Crippen LogP contribution in [0, 0.1) is 17.4 Å². The van der Waals surface area contributed by atoms with Crippen LogP contribution in [0.5, 0.6) is 0 Å². The van der Waals surface area contributed by atoms with E-state index in [9.17, 15) is 0 Å². The molecular weight excluding hydrogens is 305 g/mol. The lowest BCUT2D eigenvalue weighted by Gasteiger charge is -2.07. The molecule has 78 valence electrons. The maximum Gasteiger partial charge on any atom is 0.162 e. The minimum Gasteiger partial charge on any atom is -0.383 e. The van der Waals surface area contributed by atoms with Crippen molar-refractivity contribution in [2.45, 2.75) is 13.8 Å². The van der Waals surface area contributed by atoms with Crippen LogP contribution in [-0.2, 0) is 0 Å². The van der Waals surface area contributed by atoms with Gasteiger partial charge in [-0.05, 0) is 36.4 Å². The molecule has 0 saturated carbocycles. The van der Waals surface area contributed by atoms with Gasteiger partial charge in [0, 0.05) is 11.8 Å². The molecule has 0 amide bonds. The quantitative estimate of drug-likeness (QED) is 0.809. The number of aryl methyl sites for hydroxylation is 1. The highest BCUT2D eigenvalue weighted by molar-refractivity contribution is 14.1.